The van der Waals surface area contributed by atoms with Crippen molar-refractivity contribution in [1.82, 2.24) is 5.32 Å². The third kappa shape index (κ3) is 3.46. The van der Waals surface area contributed by atoms with E-state index in [0.29, 0.717) is 0 Å². The number of nitrogens with one attached hydrogen (secondary N) is 1. The Kier molecular flexibility index (Phi) is 5.11. The zero-order valence-corrected chi connectivity index (χ0v) is 10.7. The Morgan fingerprint density at radius 1 is 1.12 bits per heavy atom. The van der Waals surface area contributed by atoms with Gasteiger partial charge in [-0.2, -0.15) is 0 Å². The highest BCUT2D eigenvalue weighted by atomic mass is 16.5. The van der Waals surface area contributed by atoms with Crippen molar-refractivity contribution >= 4 is 0 Å². The van der Waals surface area contributed by atoms with Gasteiger partial charge in [0.25, 0.3) is 0 Å². The van der Waals surface area contributed by atoms with Crippen LogP contribution in [0.25, 0.3) is 0 Å². The fourth-order valence-electron chi connectivity index (χ4n) is 3.39. The summed E-state index contributed by atoms with van der Waals surface area (Å²) in [5.74, 6) is 1.74. The smallest absolute Gasteiger partial charge is 0.0495 e. The molecule has 0 spiro atoms. The maximum Gasteiger partial charge on any atom is 0.0495 e. The molecule has 2 aliphatic rings. The molecule has 1 aliphatic carbocycles. The Hall–Kier alpha value is -0.0800. The van der Waals surface area contributed by atoms with E-state index >= 15 is 0 Å². The molecule has 16 heavy (non-hydrogen) atoms. The lowest BCUT2D eigenvalue weighted by Crippen LogP contribution is -2.35. The number of rotatable bonds is 4. The second-order valence-electron chi connectivity index (χ2n) is 5.61. The van der Waals surface area contributed by atoms with Crippen molar-refractivity contribution in [3.8, 4) is 0 Å². The molecule has 0 aromatic carbocycles. The predicted octanol–water partition coefficient (Wildman–Crippen LogP) is 2.97. The lowest BCUT2D eigenvalue weighted by Gasteiger charge is -2.27. The van der Waals surface area contributed by atoms with Crippen molar-refractivity contribution < 1.29 is 4.74 Å². The lowest BCUT2D eigenvalue weighted by molar-refractivity contribution is 0.177. The van der Waals surface area contributed by atoms with Gasteiger partial charge in [0.15, 0.2) is 0 Å². The van der Waals surface area contributed by atoms with Gasteiger partial charge >= 0.3 is 0 Å². The zero-order valence-electron chi connectivity index (χ0n) is 10.7. The van der Waals surface area contributed by atoms with E-state index in [0.717, 1.165) is 31.1 Å². The van der Waals surface area contributed by atoms with Gasteiger partial charge in [0.2, 0.25) is 0 Å². The molecule has 94 valence electrons. The van der Waals surface area contributed by atoms with Crippen LogP contribution in [0.3, 0.4) is 0 Å². The SMILES string of the molecule is CNC(CC1CCOC1)C1CCCCCC1. The molecule has 2 fully saturated rings. The molecule has 0 aromatic rings. The first-order valence-corrected chi connectivity index (χ1v) is 7.15. The second kappa shape index (κ2) is 6.61. The van der Waals surface area contributed by atoms with Gasteiger partial charge in [-0.1, -0.05) is 25.7 Å². The van der Waals surface area contributed by atoms with E-state index in [9.17, 15) is 0 Å². The van der Waals surface area contributed by atoms with Crippen LogP contribution in [0.2, 0.25) is 0 Å². The van der Waals surface area contributed by atoms with Crippen molar-refractivity contribution in [2.24, 2.45) is 11.8 Å². The van der Waals surface area contributed by atoms with Crippen LogP contribution in [-0.4, -0.2) is 26.3 Å². The molecule has 1 saturated carbocycles. The molecular weight excluding hydrogens is 198 g/mol. The van der Waals surface area contributed by atoms with Crippen LogP contribution < -0.4 is 5.32 Å². The normalized spacial score (nSPS) is 30.2. The number of hydrogen-bond donors (Lipinski definition) is 1. The van der Waals surface area contributed by atoms with Crippen LogP contribution in [0.5, 0.6) is 0 Å². The summed E-state index contributed by atoms with van der Waals surface area (Å²) in [7, 11) is 2.14. The molecule has 0 amide bonds. The summed E-state index contributed by atoms with van der Waals surface area (Å²) in [6, 6.07) is 0.741. The maximum atomic E-state index is 5.49. The van der Waals surface area contributed by atoms with Gasteiger partial charge in [-0.05, 0) is 44.6 Å². The molecule has 0 aromatic heterocycles. The summed E-state index contributed by atoms with van der Waals surface area (Å²) in [6.07, 6.45) is 11.3. The van der Waals surface area contributed by atoms with Crippen molar-refractivity contribution in [2.45, 2.75) is 57.4 Å². The molecule has 2 heteroatoms. The van der Waals surface area contributed by atoms with Crippen molar-refractivity contribution in [1.29, 1.82) is 0 Å². The van der Waals surface area contributed by atoms with Gasteiger partial charge in [-0.25, -0.2) is 0 Å². The van der Waals surface area contributed by atoms with Crippen molar-refractivity contribution in [2.75, 3.05) is 20.3 Å². The van der Waals surface area contributed by atoms with Gasteiger partial charge in [0.05, 0.1) is 0 Å². The topological polar surface area (TPSA) is 21.3 Å². The van der Waals surface area contributed by atoms with E-state index in [2.05, 4.69) is 12.4 Å². The first-order valence-electron chi connectivity index (χ1n) is 7.15. The summed E-state index contributed by atoms with van der Waals surface area (Å²) < 4.78 is 5.49. The molecule has 0 bridgehead atoms. The summed E-state index contributed by atoms with van der Waals surface area (Å²) in [4.78, 5) is 0. The van der Waals surface area contributed by atoms with Crippen LogP contribution in [0, 0.1) is 11.8 Å². The predicted molar refractivity (Wildman–Crippen MR) is 67.6 cm³/mol. The molecule has 1 N–H and O–H groups in total. The molecule has 0 radical (unpaired) electrons. The summed E-state index contributed by atoms with van der Waals surface area (Å²) in [5.41, 5.74) is 0. The van der Waals surface area contributed by atoms with E-state index < -0.39 is 0 Å². The van der Waals surface area contributed by atoms with Crippen LogP contribution in [0.4, 0.5) is 0 Å². The Bertz CT molecular complexity index is 181. The highest BCUT2D eigenvalue weighted by Crippen LogP contribution is 2.29. The Morgan fingerprint density at radius 3 is 2.44 bits per heavy atom. The minimum Gasteiger partial charge on any atom is -0.381 e. The number of hydrogen-bond acceptors (Lipinski definition) is 2. The van der Waals surface area contributed by atoms with Crippen LogP contribution in [-0.2, 0) is 4.74 Å². The summed E-state index contributed by atoms with van der Waals surface area (Å²) >= 11 is 0. The Morgan fingerprint density at radius 2 is 1.88 bits per heavy atom. The van der Waals surface area contributed by atoms with E-state index in [-0.39, 0.29) is 0 Å². The van der Waals surface area contributed by atoms with Gasteiger partial charge in [-0.3, -0.25) is 0 Å². The second-order valence-corrected chi connectivity index (χ2v) is 5.61. The van der Waals surface area contributed by atoms with Gasteiger partial charge in [0, 0.05) is 19.3 Å². The summed E-state index contributed by atoms with van der Waals surface area (Å²) in [5, 5.41) is 3.57. The van der Waals surface area contributed by atoms with E-state index in [4.69, 9.17) is 4.74 Å². The monoisotopic (exact) mass is 225 g/mol. The van der Waals surface area contributed by atoms with E-state index in [1.807, 2.05) is 0 Å². The highest BCUT2D eigenvalue weighted by Gasteiger charge is 2.26. The van der Waals surface area contributed by atoms with Gasteiger partial charge < -0.3 is 10.1 Å². The third-order valence-electron chi connectivity index (χ3n) is 4.45. The molecule has 1 heterocycles. The van der Waals surface area contributed by atoms with Gasteiger partial charge in [0.1, 0.15) is 0 Å². The molecule has 2 rings (SSSR count). The molecule has 1 saturated heterocycles. The highest BCUT2D eigenvalue weighted by molar-refractivity contribution is 4.81. The quantitative estimate of drug-likeness (QED) is 0.743. The number of ether oxygens (including phenoxy) is 1. The molecule has 2 unspecified atom stereocenters. The average molecular weight is 225 g/mol. The van der Waals surface area contributed by atoms with E-state index in [1.165, 1.54) is 51.4 Å². The molecule has 2 atom stereocenters. The maximum absolute atomic E-state index is 5.49. The van der Waals surface area contributed by atoms with Crippen LogP contribution in [0.15, 0.2) is 0 Å². The fourth-order valence-corrected chi connectivity index (χ4v) is 3.39. The minimum atomic E-state index is 0.741. The minimum absolute atomic E-state index is 0.741. The van der Waals surface area contributed by atoms with Crippen LogP contribution >= 0.6 is 0 Å². The molecule has 2 nitrogen and oxygen atoms in total. The van der Waals surface area contributed by atoms with Crippen molar-refractivity contribution in [3.05, 3.63) is 0 Å². The van der Waals surface area contributed by atoms with Crippen molar-refractivity contribution in [3.63, 3.8) is 0 Å². The Balaban J connectivity index is 1.81. The molecular formula is C14H27NO. The van der Waals surface area contributed by atoms with E-state index in [1.54, 1.807) is 0 Å². The standard InChI is InChI=1S/C14H27NO/c1-15-14(10-12-8-9-16-11-12)13-6-4-2-3-5-7-13/h12-15H,2-11H2,1H3. The zero-order chi connectivity index (χ0) is 11.2. The lowest BCUT2D eigenvalue weighted by atomic mass is 9.85. The largest absolute Gasteiger partial charge is 0.381 e. The fraction of sp³-hybridized carbons (Fsp3) is 1.00. The first kappa shape index (κ1) is 12.4. The third-order valence-corrected chi connectivity index (χ3v) is 4.45. The Labute approximate surface area is 100 Å². The van der Waals surface area contributed by atoms with Gasteiger partial charge in [-0.15, -0.1) is 0 Å². The summed E-state index contributed by atoms with van der Waals surface area (Å²) in [6.45, 7) is 2.00. The molecule has 1 aliphatic heterocycles. The average Bonchev–Trinajstić information content (AvgIpc) is 2.67. The van der Waals surface area contributed by atoms with Crippen LogP contribution in [0.1, 0.15) is 51.4 Å². The first-order chi connectivity index (χ1) is 7.90.